The van der Waals surface area contributed by atoms with E-state index in [1.54, 1.807) is 11.3 Å². The van der Waals surface area contributed by atoms with Crippen LogP contribution in [0.5, 0.6) is 5.75 Å². The molecule has 0 aliphatic heterocycles. The van der Waals surface area contributed by atoms with Crippen LogP contribution in [0.3, 0.4) is 0 Å². The Morgan fingerprint density at radius 2 is 1.95 bits per heavy atom. The highest BCUT2D eigenvalue weighted by atomic mass is 35.5. The third-order valence-corrected chi connectivity index (χ3v) is 4.34. The van der Waals surface area contributed by atoms with Crippen molar-refractivity contribution in [1.82, 2.24) is 0 Å². The molecule has 0 spiro atoms. The lowest BCUT2D eigenvalue weighted by molar-refractivity contribution is 0.308. The zero-order chi connectivity index (χ0) is 13.2. The number of anilines is 1. The average Bonchev–Trinajstić information content (AvgIpc) is 2.83. The van der Waals surface area contributed by atoms with Gasteiger partial charge < -0.3 is 10.5 Å². The second kappa shape index (κ2) is 5.11. The predicted molar refractivity (Wildman–Crippen MR) is 82.0 cm³/mol. The quantitative estimate of drug-likeness (QED) is 0.708. The summed E-state index contributed by atoms with van der Waals surface area (Å²) in [5, 5.41) is 3.86. The maximum Gasteiger partial charge on any atom is 0.138 e. The number of halogens is 1. The minimum atomic E-state index is 0.493. The second-order valence-electron chi connectivity index (χ2n) is 4.20. The monoisotopic (exact) mass is 289 g/mol. The van der Waals surface area contributed by atoms with Gasteiger partial charge in [0.2, 0.25) is 0 Å². The molecule has 2 aromatic carbocycles. The first-order valence-corrected chi connectivity index (χ1v) is 7.13. The van der Waals surface area contributed by atoms with Gasteiger partial charge in [0.25, 0.3) is 0 Å². The van der Waals surface area contributed by atoms with Crippen molar-refractivity contribution in [3.8, 4) is 5.75 Å². The Balaban J connectivity index is 1.87. The van der Waals surface area contributed by atoms with Gasteiger partial charge in [-0.3, -0.25) is 0 Å². The lowest BCUT2D eigenvalue weighted by Gasteiger charge is -2.07. The number of benzene rings is 2. The highest BCUT2D eigenvalue weighted by Gasteiger charge is 2.07. The van der Waals surface area contributed by atoms with Crippen LogP contribution in [0.25, 0.3) is 10.1 Å². The van der Waals surface area contributed by atoms with Crippen LogP contribution in [0.1, 0.15) is 5.56 Å². The van der Waals surface area contributed by atoms with E-state index in [0.29, 0.717) is 17.4 Å². The van der Waals surface area contributed by atoms with E-state index in [-0.39, 0.29) is 0 Å². The van der Waals surface area contributed by atoms with Gasteiger partial charge in [0.1, 0.15) is 12.4 Å². The van der Waals surface area contributed by atoms with Gasteiger partial charge in [-0.05, 0) is 23.6 Å². The van der Waals surface area contributed by atoms with E-state index in [1.165, 1.54) is 0 Å². The Morgan fingerprint density at radius 3 is 2.79 bits per heavy atom. The van der Waals surface area contributed by atoms with Gasteiger partial charge in [0, 0.05) is 16.6 Å². The highest BCUT2D eigenvalue weighted by molar-refractivity contribution is 7.18. The Kier molecular flexibility index (Phi) is 3.32. The number of hydrogen-bond donors (Lipinski definition) is 1. The normalized spacial score (nSPS) is 10.8. The van der Waals surface area contributed by atoms with Crippen LogP contribution in [0.2, 0.25) is 5.02 Å². The molecule has 3 rings (SSSR count). The van der Waals surface area contributed by atoms with Crippen molar-refractivity contribution in [3.63, 3.8) is 0 Å². The van der Waals surface area contributed by atoms with Crippen LogP contribution in [-0.4, -0.2) is 0 Å². The molecule has 4 heteroatoms. The minimum absolute atomic E-state index is 0.493. The fourth-order valence-electron chi connectivity index (χ4n) is 1.96. The zero-order valence-electron chi connectivity index (χ0n) is 10.1. The van der Waals surface area contributed by atoms with Crippen molar-refractivity contribution in [2.24, 2.45) is 0 Å². The number of nitrogens with two attached hydrogens (primary N) is 1. The summed E-state index contributed by atoms with van der Waals surface area (Å²) in [4.78, 5) is 0. The first kappa shape index (κ1) is 12.3. The van der Waals surface area contributed by atoms with Crippen molar-refractivity contribution in [1.29, 1.82) is 0 Å². The average molecular weight is 290 g/mol. The lowest BCUT2D eigenvalue weighted by atomic mass is 10.2. The Hall–Kier alpha value is -1.71. The van der Waals surface area contributed by atoms with E-state index in [1.807, 2.05) is 36.4 Å². The lowest BCUT2D eigenvalue weighted by Crippen LogP contribution is -1.95. The molecule has 96 valence electrons. The van der Waals surface area contributed by atoms with Crippen LogP contribution in [-0.2, 0) is 6.61 Å². The summed E-state index contributed by atoms with van der Waals surface area (Å²) in [5.41, 5.74) is 7.89. The van der Waals surface area contributed by atoms with Gasteiger partial charge in [-0.1, -0.05) is 35.9 Å². The van der Waals surface area contributed by atoms with E-state index >= 15 is 0 Å². The van der Waals surface area contributed by atoms with Crippen molar-refractivity contribution < 1.29 is 4.74 Å². The number of para-hydroxylation sites is 1. The molecule has 0 fully saturated rings. The summed E-state index contributed by atoms with van der Waals surface area (Å²) in [6.45, 7) is 0.493. The molecule has 0 amide bonds. The molecule has 3 aromatic rings. The van der Waals surface area contributed by atoms with Gasteiger partial charge in [-0.25, -0.2) is 0 Å². The van der Waals surface area contributed by atoms with Gasteiger partial charge in [0.05, 0.1) is 9.72 Å². The molecule has 0 saturated carbocycles. The number of thiophene rings is 1. The standard InChI is InChI=1S/C15H12ClNOS/c16-12-5-1-2-7-14(12)18-8-10-9-19-15-11(10)4-3-6-13(15)17/h1-7,9H,8,17H2. The van der Waals surface area contributed by atoms with Crippen molar-refractivity contribution >= 4 is 38.7 Å². The third-order valence-electron chi connectivity index (χ3n) is 2.93. The molecule has 0 unspecified atom stereocenters. The first-order valence-electron chi connectivity index (χ1n) is 5.87. The van der Waals surface area contributed by atoms with E-state index in [9.17, 15) is 0 Å². The summed E-state index contributed by atoms with van der Waals surface area (Å²) in [6, 6.07) is 13.4. The van der Waals surface area contributed by atoms with Crippen molar-refractivity contribution in [2.75, 3.05) is 5.73 Å². The van der Waals surface area contributed by atoms with Gasteiger partial charge in [-0.15, -0.1) is 11.3 Å². The van der Waals surface area contributed by atoms with Gasteiger partial charge in [0.15, 0.2) is 0 Å². The molecule has 0 aliphatic carbocycles. The fraction of sp³-hybridized carbons (Fsp3) is 0.0667. The Labute approximate surface area is 120 Å². The molecule has 0 saturated heterocycles. The predicted octanol–water partition coefficient (Wildman–Crippen LogP) is 4.72. The maximum atomic E-state index is 6.07. The number of fused-ring (bicyclic) bond motifs is 1. The molecule has 2 nitrogen and oxygen atoms in total. The van der Waals surface area contributed by atoms with Crippen LogP contribution >= 0.6 is 22.9 Å². The molecular formula is C15H12ClNOS. The minimum Gasteiger partial charge on any atom is -0.487 e. The summed E-state index contributed by atoms with van der Waals surface area (Å²) < 4.78 is 6.87. The summed E-state index contributed by atoms with van der Waals surface area (Å²) in [6.07, 6.45) is 0. The largest absolute Gasteiger partial charge is 0.487 e. The maximum absolute atomic E-state index is 6.07. The molecule has 19 heavy (non-hydrogen) atoms. The van der Waals surface area contributed by atoms with Crippen LogP contribution in [0, 0.1) is 0 Å². The third kappa shape index (κ3) is 2.39. The molecule has 1 aromatic heterocycles. The number of rotatable bonds is 3. The zero-order valence-corrected chi connectivity index (χ0v) is 11.7. The first-order chi connectivity index (χ1) is 9.25. The molecule has 0 bridgehead atoms. The smallest absolute Gasteiger partial charge is 0.138 e. The Morgan fingerprint density at radius 1 is 1.11 bits per heavy atom. The molecule has 0 aliphatic rings. The summed E-state index contributed by atoms with van der Waals surface area (Å²) in [7, 11) is 0. The van der Waals surface area contributed by atoms with E-state index in [2.05, 4.69) is 11.4 Å². The number of hydrogen-bond acceptors (Lipinski definition) is 3. The molecular weight excluding hydrogens is 278 g/mol. The van der Waals surface area contributed by atoms with Gasteiger partial charge in [-0.2, -0.15) is 0 Å². The van der Waals surface area contributed by atoms with Crippen LogP contribution < -0.4 is 10.5 Å². The topological polar surface area (TPSA) is 35.2 Å². The van der Waals surface area contributed by atoms with Crippen LogP contribution in [0.4, 0.5) is 5.69 Å². The second-order valence-corrected chi connectivity index (χ2v) is 5.49. The summed E-state index contributed by atoms with van der Waals surface area (Å²) in [5.74, 6) is 0.701. The fourth-order valence-corrected chi connectivity index (χ4v) is 3.14. The number of ether oxygens (including phenoxy) is 1. The molecule has 0 radical (unpaired) electrons. The highest BCUT2D eigenvalue weighted by Crippen LogP contribution is 2.32. The van der Waals surface area contributed by atoms with Crippen molar-refractivity contribution in [3.05, 3.63) is 58.4 Å². The van der Waals surface area contributed by atoms with E-state index < -0.39 is 0 Å². The van der Waals surface area contributed by atoms with E-state index in [0.717, 1.165) is 21.3 Å². The molecule has 1 heterocycles. The Bertz CT molecular complexity index is 723. The summed E-state index contributed by atoms with van der Waals surface area (Å²) >= 11 is 7.71. The molecule has 2 N–H and O–H groups in total. The van der Waals surface area contributed by atoms with Gasteiger partial charge >= 0.3 is 0 Å². The van der Waals surface area contributed by atoms with Crippen LogP contribution in [0.15, 0.2) is 47.8 Å². The van der Waals surface area contributed by atoms with E-state index in [4.69, 9.17) is 22.1 Å². The molecule has 0 atom stereocenters. The number of nitrogen functional groups attached to an aromatic ring is 1. The van der Waals surface area contributed by atoms with Crippen molar-refractivity contribution in [2.45, 2.75) is 6.61 Å². The SMILES string of the molecule is Nc1cccc2c(COc3ccccc3Cl)csc12.